The first-order valence-electron chi connectivity index (χ1n) is 8.53. The smallest absolute Gasteiger partial charge is 0.345 e. The van der Waals surface area contributed by atoms with E-state index in [4.69, 9.17) is 5.73 Å². The van der Waals surface area contributed by atoms with E-state index in [2.05, 4.69) is 5.32 Å². The lowest BCUT2D eigenvalue weighted by Crippen LogP contribution is -2.55. The van der Waals surface area contributed by atoms with E-state index < -0.39 is 23.2 Å². The number of nitrogens with two attached hydrogens (primary N) is 1. The molecule has 0 aliphatic carbocycles. The van der Waals surface area contributed by atoms with Crippen molar-refractivity contribution in [3.63, 3.8) is 0 Å². The lowest BCUT2D eigenvalue weighted by atomic mass is 9.88. The van der Waals surface area contributed by atoms with Crippen LogP contribution >= 0.6 is 0 Å². The van der Waals surface area contributed by atoms with Gasteiger partial charge in [-0.1, -0.05) is 13.8 Å². The Labute approximate surface area is 150 Å². The number of hydrogen-bond acceptors (Lipinski definition) is 3. The van der Waals surface area contributed by atoms with Crippen molar-refractivity contribution in [1.29, 1.82) is 0 Å². The van der Waals surface area contributed by atoms with Gasteiger partial charge in [0.15, 0.2) is 0 Å². The number of alkyl halides is 3. The van der Waals surface area contributed by atoms with E-state index in [-0.39, 0.29) is 36.0 Å². The molecule has 1 aliphatic rings. The Morgan fingerprint density at radius 2 is 1.96 bits per heavy atom. The molecular weight excluding hydrogens is 347 g/mol. The van der Waals surface area contributed by atoms with Crippen molar-refractivity contribution in [1.82, 2.24) is 5.32 Å². The topological polar surface area (TPSA) is 75.4 Å². The Bertz CT molecular complexity index is 703. The second-order valence-corrected chi connectivity index (χ2v) is 7.15. The van der Waals surface area contributed by atoms with Crippen LogP contribution in [0.25, 0.3) is 0 Å². The number of nitrogens with one attached hydrogen (secondary N) is 1. The van der Waals surface area contributed by atoms with Crippen molar-refractivity contribution in [3.05, 3.63) is 29.3 Å². The summed E-state index contributed by atoms with van der Waals surface area (Å²) in [4.78, 5) is 25.8. The number of rotatable bonds is 5. The zero-order valence-corrected chi connectivity index (χ0v) is 15.1. The fourth-order valence-corrected chi connectivity index (χ4v) is 2.75. The molecule has 5 nitrogen and oxygen atoms in total. The number of hydrogen-bond donors (Lipinski definition) is 2. The minimum absolute atomic E-state index is 0.0121. The normalized spacial score (nSPS) is 17.5. The number of nitrogens with zero attached hydrogens (tertiary/aromatic N) is 1. The van der Waals surface area contributed by atoms with Gasteiger partial charge in [-0.2, -0.15) is 13.2 Å². The van der Waals surface area contributed by atoms with Crippen molar-refractivity contribution in [2.75, 3.05) is 18.0 Å². The molecule has 1 aromatic rings. The molecule has 1 fully saturated rings. The summed E-state index contributed by atoms with van der Waals surface area (Å²) in [6.45, 7) is 5.97. The molecule has 1 aromatic carbocycles. The average Bonchev–Trinajstić information content (AvgIpc) is 2.99. The van der Waals surface area contributed by atoms with Crippen LogP contribution in [-0.2, 0) is 11.0 Å². The molecule has 1 atom stereocenters. The zero-order valence-electron chi connectivity index (χ0n) is 15.1. The molecule has 2 rings (SSSR count). The molecule has 1 aliphatic heterocycles. The van der Waals surface area contributed by atoms with Gasteiger partial charge in [0.2, 0.25) is 5.91 Å². The monoisotopic (exact) mass is 371 g/mol. The van der Waals surface area contributed by atoms with Gasteiger partial charge in [0.1, 0.15) is 0 Å². The maximum atomic E-state index is 13.3. The standard InChI is InChI=1S/C18H24F3N3O2/c1-11(2)17(3,10-22)23-16(26)12-7-13(18(19,20)21)9-14(8-12)24-6-4-5-15(24)25/h7-9,11H,4-6,10,22H2,1-3H3,(H,23,26). The van der Waals surface area contributed by atoms with Crippen molar-refractivity contribution in [2.45, 2.75) is 45.3 Å². The Morgan fingerprint density at radius 3 is 2.42 bits per heavy atom. The molecule has 144 valence electrons. The second kappa shape index (κ2) is 7.26. The van der Waals surface area contributed by atoms with Crippen LogP contribution in [0.1, 0.15) is 49.5 Å². The maximum Gasteiger partial charge on any atom is 0.416 e. The highest BCUT2D eigenvalue weighted by Gasteiger charge is 2.35. The van der Waals surface area contributed by atoms with E-state index >= 15 is 0 Å². The quantitative estimate of drug-likeness (QED) is 0.836. The second-order valence-electron chi connectivity index (χ2n) is 7.15. The number of amides is 2. The number of halogens is 3. The fraction of sp³-hybridized carbons (Fsp3) is 0.556. The summed E-state index contributed by atoms with van der Waals surface area (Å²) in [5, 5.41) is 2.73. The van der Waals surface area contributed by atoms with E-state index in [0.717, 1.165) is 12.1 Å². The minimum Gasteiger partial charge on any atom is -0.345 e. The summed E-state index contributed by atoms with van der Waals surface area (Å²) in [5.41, 5.74) is 3.96. The van der Waals surface area contributed by atoms with Crippen LogP contribution in [0.15, 0.2) is 18.2 Å². The van der Waals surface area contributed by atoms with Gasteiger partial charge in [-0.3, -0.25) is 9.59 Å². The summed E-state index contributed by atoms with van der Waals surface area (Å²) in [6.07, 6.45) is -3.76. The molecule has 3 N–H and O–H groups in total. The van der Waals surface area contributed by atoms with Crippen LogP contribution in [0.2, 0.25) is 0 Å². The highest BCUT2D eigenvalue weighted by molar-refractivity contribution is 5.99. The summed E-state index contributed by atoms with van der Waals surface area (Å²) >= 11 is 0. The van der Waals surface area contributed by atoms with Gasteiger partial charge in [0.05, 0.1) is 11.1 Å². The van der Waals surface area contributed by atoms with Gasteiger partial charge in [-0.15, -0.1) is 0 Å². The van der Waals surface area contributed by atoms with Crippen LogP contribution in [0.5, 0.6) is 0 Å². The molecule has 0 saturated carbocycles. The third-order valence-electron chi connectivity index (χ3n) is 4.99. The molecule has 0 bridgehead atoms. The van der Waals surface area contributed by atoms with E-state index in [9.17, 15) is 22.8 Å². The number of carbonyl (C=O) groups is 2. The minimum atomic E-state index is -4.62. The Morgan fingerprint density at radius 1 is 1.31 bits per heavy atom. The van der Waals surface area contributed by atoms with Crippen molar-refractivity contribution >= 4 is 17.5 Å². The summed E-state index contributed by atoms with van der Waals surface area (Å²) < 4.78 is 39.8. The predicted octanol–water partition coefficient (Wildman–Crippen LogP) is 2.94. The Hall–Kier alpha value is -2.09. The predicted molar refractivity (Wildman–Crippen MR) is 92.8 cm³/mol. The molecule has 1 heterocycles. The largest absolute Gasteiger partial charge is 0.416 e. The molecule has 0 aromatic heterocycles. The van der Waals surface area contributed by atoms with E-state index in [1.807, 2.05) is 13.8 Å². The average molecular weight is 371 g/mol. The summed E-state index contributed by atoms with van der Waals surface area (Å²) in [7, 11) is 0. The Kier molecular flexibility index (Phi) is 5.65. The molecule has 1 unspecified atom stereocenters. The number of benzene rings is 1. The first kappa shape index (κ1) is 20.2. The lowest BCUT2D eigenvalue weighted by molar-refractivity contribution is -0.137. The Balaban J connectivity index is 2.44. The molecular formula is C18H24F3N3O2. The van der Waals surface area contributed by atoms with Gasteiger partial charge in [-0.25, -0.2) is 0 Å². The van der Waals surface area contributed by atoms with Gasteiger partial charge >= 0.3 is 6.18 Å². The lowest BCUT2D eigenvalue weighted by Gasteiger charge is -2.33. The highest BCUT2D eigenvalue weighted by atomic mass is 19.4. The molecule has 26 heavy (non-hydrogen) atoms. The van der Waals surface area contributed by atoms with Crippen LogP contribution in [0.3, 0.4) is 0 Å². The number of anilines is 1. The summed E-state index contributed by atoms with van der Waals surface area (Å²) in [5.74, 6) is -0.905. The SMILES string of the molecule is CC(C)C(C)(CN)NC(=O)c1cc(N2CCCC2=O)cc(C(F)(F)F)c1. The van der Waals surface area contributed by atoms with Crippen LogP contribution in [-0.4, -0.2) is 30.4 Å². The van der Waals surface area contributed by atoms with Gasteiger partial charge < -0.3 is 16.0 Å². The molecule has 1 saturated heterocycles. The highest BCUT2D eigenvalue weighted by Crippen LogP contribution is 2.34. The van der Waals surface area contributed by atoms with Crippen molar-refractivity contribution in [2.24, 2.45) is 11.7 Å². The van der Waals surface area contributed by atoms with Gasteiger partial charge in [0.25, 0.3) is 5.91 Å². The maximum absolute atomic E-state index is 13.3. The van der Waals surface area contributed by atoms with Crippen molar-refractivity contribution < 1.29 is 22.8 Å². The molecule has 2 amide bonds. The van der Waals surface area contributed by atoms with Crippen molar-refractivity contribution in [3.8, 4) is 0 Å². The van der Waals surface area contributed by atoms with E-state index in [1.54, 1.807) is 6.92 Å². The molecule has 8 heteroatoms. The van der Waals surface area contributed by atoms with Crippen LogP contribution in [0.4, 0.5) is 18.9 Å². The number of carbonyl (C=O) groups excluding carboxylic acids is 2. The van der Waals surface area contributed by atoms with Gasteiger partial charge in [-0.05, 0) is 37.5 Å². The third kappa shape index (κ3) is 4.17. The first-order valence-corrected chi connectivity index (χ1v) is 8.53. The fourth-order valence-electron chi connectivity index (χ4n) is 2.75. The summed E-state index contributed by atoms with van der Waals surface area (Å²) in [6, 6.07) is 3.03. The van der Waals surface area contributed by atoms with Gasteiger partial charge in [0, 0.05) is 30.8 Å². The molecule has 0 radical (unpaired) electrons. The molecule has 0 spiro atoms. The van der Waals surface area contributed by atoms with E-state index in [1.165, 1.54) is 11.0 Å². The van der Waals surface area contributed by atoms with Crippen LogP contribution in [0, 0.1) is 5.92 Å². The van der Waals surface area contributed by atoms with Crippen LogP contribution < -0.4 is 16.0 Å². The first-order chi connectivity index (χ1) is 12.0. The third-order valence-corrected chi connectivity index (χ3v) is 4.99. The zero-order chi connectivity index (χ0) is 19.7. The van der Waals surface area contributed by atoms with E-state index in [0.29, 0.717) is 13.0 Å².